The molecule has 0 radical (unpaired) electrons. The molecule has 0 aromatic carbocycles. The summed E-state index contributed by atoms with van der Waals surface area (Å²) in [5, 5.41) is 3.15. The summed E-state index contributed by atoms with van der Waals surface area (Å²) in [6.45, 7) is 8.31. The molecule has 1 saturated carbocycles. The number of hydrogen-bond acceptors (Lipinski definition) is 3. The number of carbonyl (C=O) groups is 1. The van der Waals surface area contributed by atoms with Crippen LogP contribution in [0.15, 0.2) is 0 Å². The van der Waals surface area contributed by atoms with Crippen LogP contribution in [0.25, 0.3) is 0 Å². The van der Waals surface area contributed by atoms with Crippen LogP contribution in [0.4, 0.5) is 0 Å². The van der Waals surface area contributed by atoms with Gasteiger partial charge in [-0.25, -0.2) is 0 Å². The molecule has 0 bridgehead atoms. The Labute approximate surface area is 105 Å². The number of amides is 1. The first kappa shape index (κ1) is 14.5. The molecule has 0 spiro atoms. The zero-order chi connectivity index (χ0) is 12.7. The van der Waals surface area contributed by atoms with Gasteiger partial charge in [0, 0.05) is 13.1 Å². The fourth-order valence-corrected chi connectivity index (χ4v) is 2.18. The van der Waals surface area contributed by atoms with E-state index in [1.807, 2.05) is 6.92 Å². The van der Waals surface area contributed by atoms with Gasteiger partial charge in [0.1, 0.15) is 0 Å². The van der Waals surface area contributed by atoms with Gasteiger partial charge in [0.25, 0.3) is 0 Å². The van der Waals surface area contributed by atoms with Gasteiger partial charge in [-0.15, -0.1) is 0 Å². The second-order valence-corrected chi connectivity index (χ2v) is 5.05. The van der Waals surface area contributed by atoms with Gasteiger partial charge in [-0.1, -0.05) is 13.8 Å². The van der Waals surface area contributed by atoms with Crippen molar-refractivity contribution in [1.29, 1.82) is 0 Å². The quantitative estimate of drug-likeness (QED) is 0.599. The molecule has 4 nitrogen and oxygen atoms in total. The molecular formula is C13H27N3O. The zero-order valence-corrected chi connectivity index (χ0v) is 11.2. The Kier molecular flexibility index (Phi) is 6.52. The maximum atomic E-state index is 11.2. The van der Waals surface area contributed by atoms with Crippen LogP contribution in [0.1, 0.15) is 39.5 Å². The van der Waals surface area contributed by atoms with Crippen LogP contribution in [0.3, 0.4) is 0 Å². The van der Waals surface area contributed by atoms with Gasteiger partial charge >= 0.3 is 0 Å². The van der Waals surface area contributed by atoms with E-state index in [1.165, 1.54) is 25.8 Å². The van der Waals surface area contributed by atoms with Crippen molar-refractivity contribution in [3.8, 4) is 0 Å². The molecule has 1 amide bonds. The number of nitrogens with two attached hydrogens (primary N) is 1. The maximum absolute atomic E-state index is 11.2. The summed E-state index contributed by atoms with van der Waals surface area (Å²) < 4.78 is 0. The predicted octanol–water partition coefficient (Wildman–Crippen LogP) is 0.962. The summed E-state index contributed by atoms with van der Waals surface area (Å²) in [4.78, 5) is 13.7. The molecule has 4 heteroatoms. The first-order valence-corrected chi connectivity index (χ1v) is 6.92. The van der Waals surface area contributed by atoms with Gasteiger partial charge in [-0.3, -0.25) is 4.79 Å². The molecule has 1 fully saturated rings. The van der Waals surface area contributed by atoms with E-state index in [4.69, 9.17) is 5.73 Å². The van der Waals surface area contributed by atoms with Crippen molar-refractivity contribution < 1.29 is 4.79 Å². The van der Waals surface area contributed by atoms with Crippen molar-refractivity contribution >= 4 is 5.91 Å². The molecule has 1 aliphatic rings. The van der Waals surface area contributed by atoms with Crippen LogP contribution in [0.2, 0.25) is 0 Å². The first-order chi connectivity index (χ1) is 8.17. The van der Waals surface area contributed by atoms with E-state index in [0.29, 0.717) is 0 Å². The summed E-state index contributed by atoms with van der Waals surface area (Å²) in [6, 6.07) is -0.168. The van der Waals surface area contributed by atoms with E-state index >= 15 is 0 Å². The Bertz CT molecular complexity index is 229. The van der Waals surface area contributed by atoms with Crippen LogP contribution in [-0.4, -0.2) is 43.0 Å². The third-order valence-corrected chi connectivity index (χ3v) is 3.28. The lowest BCUT2D eigenvalue weighted by atomic mass is 10.1. The second kappa shape index (κ2) is 7.67. The first-order valence-electron chi connectivity index (χ1n) is 6.92. The Morgan fingerprint density at radius 2 is 2.12 bits per heavy atom. The van der Waals surface area contributed by atoms with E-state index in [9.17, 15) is 4.79 Å². The number of nitrogens with one attached hydrogen (secondary N) is 1. The van der Waals surface area contributed by atoms with Gasteiger partial charge in [-0.2, -0.15) is 0 Å². The van der Waals surface area contributed by atoms with E-state index in [-0.39, 0.29) is 11.9 Å². The molecule has 0 aromatic heterocycles. The molecule has 17 heavy (non-hydrogen) atoms. The molecule has 0 heterocycles. The summed E-state index contributed by atoms with van der Waals surface area (Å²) in [5.41, 5.74) is 5.38. The molecule has 1 atom stereocenters. The average Bonchev–Trinajstić information content (AvgIpc) is 3.07. The Hall–Kier alpha value is -0.610. The summed E-state index contributed by atoms with van der Waals surface area (Å²) in [6.07, 6.45) is 4.77. The van der Waals surface area contributed by atoms with Crippen molar-refractivity contribution in [2.75, 3.05) is 26.2 Å². The molecule has 100 valence electrons. The van der Waals surface area contributed by atoms with Crippen molar-refractivity contribution in [2.24, 2.45) is 11.7 Å². The van der Waals surface area contributed by atoms with Crippen LogP contribution in [0, 0.1) is 5.92 Å². The number of primary amides is 1. The summed E-state index contributed by atoms with van der Waals surface area (Å²) >= 11 is 0. The Morgan fingerprint density at radius 3 is 2.59 bits per heavy atom. The van der Waals surface area contributed by atoms with Crippen LogP contribution < -0.4 is 11.1 Å². The minimum Gasteiger partial charge on any atom is -0.368 e. The lowest BCUT2D eigenvalue weighted by Gasteiger charge is -2.24. The van der Waals surface area contributed by atoms with E-state index in [0.717, 1.165) is 32.0 Å². The van der Waals surface area contributed by atoms with Gasteiger partial charge in [0.15, 0.2) is 0 Å². The largest absolute Gasteiger partial charge is 0.368 e. The summed E-state index contributed by atoms with van der Waals surface area (Å²) in [5.74, 6) is 0.683. The van der Waals surface area contributed by atoms with Gasteiger partial charge in [0.05, 0.1) is 6.04 Å². The molecule has 0 aromatic rings. The van der Waals surface area contributed by atoms with Gasteiger partial charge in [0.2, 0.25) is 5.91 Å². The highest BCUT2D eigenvalue weighted by Gasteiger charge is 2.24. The fraction of sp³-hybridized carbons (Fsp3) is 0.923. The van der Waals surface area contributed by atoms with Crippen molar-refractivity contribution in [3.05, 3.63) is 0 Å². The lowest BCUT2D eigenvalue weighted by molar-refractivity contribution is -0.120. The third kappa shape index (κ3) is 6.03. The number of likely N-dealkylation sites (N-methyl/N-ethyl adjacent to an activating group) is 1. The molecule has 1 rings (SSSR count). The van der Waals surface area contributed by atoms with E-state index in [1.54, 1.807) is 0 Å². The highest BCUT2D eigenvalue weighted by molar-refractivity contribution is 5.79. The standard InChI is InChI=1S/C13H27N3O/c1-3-8-16(10-11-5-6-11)9-7-12(13(14)17)15-4-2/h11-12,15H,3-10H2,1-2H3,(H2,14,17). The Morgan fingerprint density at radius 1 is 1.41 bits per heavy atom. The molecule has 0 aliphatic heterocycles. The molecule has 1 unspecified atom stereocenters. The SMILES string of the molecule is CCCN(CCC(NCC)C(N)=O)CC1CC1. The van der Waals surface area contributed by atoms with E-state index in [2.05, 4.69) is 17.1 Å². The van der Waals surface area contributed by atoms with Crippen LogP contribution >= 0.6 is 0 Å². The summed E-state index contributed by atoms with van der Waals surface area (Å²) in [7, 11) is 0. The third-order valence-electron chi connectivity index (χ3n) is 3.28. The number of hydrogen-bond donors (Lipinski definition) is 2. The Balaban J connectivity index is 2.28. The average molecular weight is 241 g/mol. The number of rotatable bonds is 10. The van der Waals surface area contributed by atoms with Gasteiger partial charge in [-0.05, 0) is 44.7 Å². The topological polar surface area (TPSA) is 58.4 Å². The van der Waals surface area contributed by atoms with Crippen LogP contribution in [0.5, 0.6) is 0 Å². The zero-order valence-electron chi connectivity index (χ0n) is 11.2. The molecule has 0 saturated heterocycles. The fourth-order valence-electron chi connectivity index (χ4n) is 2.18. The molecule has 3 N–H and O–H groups in total. The number of carbonyl (C=O) groups excluding carboxylic acids is 1. The van der Waals surface area contributed by atoms with Crippen molar-refractivity contribution in [3.63, 3.8) is 0 Å². The maximum Gasteiger partial charge on any atom is 0.234 e. The smallest absolute Gasteiger partial charge is 0.234 e. The molecular weight excluding hydrogens is 214 g/mol. The van der Waals surface area contributed by atoms with E-state index < -0.39 is 0 Å². The minimum atomic E-state index is -0.227. The second-order valence-electron chi connectivity index (χ2n) is 5.05. The highest BCUT2D eigenvalue weighted by atomic mass is 16.1. The number of nitrogens with zero attached hydrogens (tertiary/aromatic N) is 1. The highest BCUT2D eigenvalue weighted by Crippen LogP contribution is 2.29. The lowest BCUT2D eigenvalue weighted by Crippen LogP contribution is -2.43. The van der Waals surface area contributed by atoms with Crippen molar-refractivity contribution in [2.45, 2.75) is 45.6 Å². The molecule has 1 aliphatic carbocycles. The predicted molar refractivity (Wildman–Crippen MR) is 70.7 cm³/mol. The van der Waals surface area contributed by atoms with Gasteiger partial charge < -0.3 is 16.0 Å². The van der Waals surface area contributed by atoms with Crippen molar-refractivity contribution in [1.82, 2.24) is 10.2 Å². The monoisotopic (exact) mass is 241 g/mol. The normalized spacial score (nSPS) is 17.4. The van der Waals surface area contributed by atoms with Crippen LogP contribution in [-0.2, 0) is 4.79 Å². The minimum absolute atomic E-state index is 0.168.